The van der Waals surface area contributed by atoms with E-state index in [-0.39, 0.29) is 29.2 Å². The molecule has 1 aliphatic heterocycles. The normalized spacial score (nSPS) is 21.0. The number of hydrogen-bond donors (Lipinski definition) is 2. The summed E-state index contributed by atoms with van der Waals surface area (Å²) in [5.74, 6) is 0.144. The van der Waals surface area contributed by atoms with Gasteiger partial charge in [0.2, 0.25) is 11.8 Å². The highest BCUT2D eigenvalue weighted by atomic mass is 16.2. The molecule has 1 rings (SSSR count). The van der Waals surface area contributed by atoms with E-state index < -0.39 is 0 Å². The molecule has 2 atom stereocenters. The fourth-order valence-electron chi connectivity index (χ4n) is 2.67. The van der Waals surface area contributed by atoms with Crippen LogP contribution in [0.1, 0.15) is 47.5 Å². The molecular formula is C16H31N3O2. The highest BCUT2D eigenvalue weighted by Crippen LogP contribution is 2.23. The average Bonchev–Trinajstić information content (AvgIpc) is 2.43. The number of carbonyl (C=O) groups excluding carboxylic acids is 2. The summed E-state index contributed by atoms with van der Waals surface area (Å²) in [7, 11) is 0. The number of likely N-dealkylation sites (tertiary alicyclic amines) is 1. The topological polar surface area (TPSA) is 61.4 Å². The van der Waals surface area contributed by atoms with Crippen molar-refractivity contribution in [1.82, 2.24) is 15.5 Å². The number of carbonyl (C=O) groups is 2. The number of nitrogens with zero attached hydrogens (tertiary/aromatic N) is 1. The van der Waals surface area contributed by atoms with Crippen molar-refractivity contribution in [2.24, 2.45) is 11.3 Å². The SMILES string of the molecule is CCN[C@H](C)CNC(=O)C1CCCN(C(=O)C(C)(C)C)C1. The maximum absolute atomic E-state index is 12.3. The molecule has 0 aromatic rings. The van der Waals surface area contributed by atoms with Gasteiger partial charge in [0.05, 0.1) is 5.92 Å². The quantitative estimate of drug-likeness (QED) is 0.806. The second-order valence-corrected chi connectivity index (χ2v) is 7.04. The molecule has 0 saturated carbocycles. The Hall–Kier alpha value is -1.10. The Kier molecular flexibility index (Phi) is 6.65. The highest BCUT2D eigenvalue weighted by molar-refractivity contribution is 5.83. The van der Waals surface area contributed by atoms with Crippen molar-refractivity contribution in [3.63, 3.8) is 0 Å². The van der Waals surface area contributed by atoms with Gasteiger partial charge in [-0.1, -0.05) is 27.7 Å². The number of amides is 2. The molecule has 0 radical (unpaired) electrons. The summed E-state index contributed by atoms with van der Waals surface area (Å²) in [5.41, 5.74) is -0.377. The third-order valence-corrected chi connectivity index (χ3v) is 3.86. The first-order valence-electron chi connectivity index (χ1n) is 8.06. The fourth-order valence-corrected chi connectivity index (χ4v) is 2.67. The lowest BCUT2D eigenvalue weighted by atomic mass is 9.91. The Morgan fingerprint density at radius 3 is 2.57 bits per heavy atom. The Morgan fingerprint density at radius 1 is 1.33 bits per heavy atom. The van der Waals surface area contributed by atoms with E-state index in [1.807, 2.05) is 25.7 Å². The Bertz CT molecular complexity index is 363. The third kappa shape index (κ3) is 5.65. The van der Waals surface area contributed by atoms with Gasteiger partial charge in [-0.25, -0.2) is 0 Å². The summed E-state index contributed by atoms with van der Waals surface area (Å²) in [4.78, 5) is 26.4. The molecule has 122 valence electrons. The zero-order valence-corrected chi connectivity index (χ0v) is 14.2. The molecule has 0 aliphatic carbocycles. The lowest BCUT2D eigenvalue weighted by molar-refractivity contribution is -0.142. The maximum atomic E-state index is 12.3. The first kappa shape index (κ1) is 18.0. The van der Waals surface area contributed by atoms with E-state index in [0.717, 1.165) is 25.9 Å². The van der Waals surface area contributed by atoms with E-state index in [4.69, 9.17) is 0 Å². The predicted octanol–water partition coefficient (Wildman–Crippen LogP) is 1.39. The van der Waals surface area contributed by atoms with E-state index in [0.29, 0.717) is 13.1 Å². The summed E-state index contributed by atoms with van der Waals surface area (Å²) in [6, 6.07) is 0.273. The van der Waals surface area contributed by atoms with E-state index in [1.54, 1.807) is 0 Å². The molecule has 1 heterocycles. The van der Waals surface area contributed by atoms with E-state index in [9.17, 15) is 9.59 Å². The van der Waals surface area contributed by atoms with Crippen LogP contribution in [0.25, 0.3) is 0 Å². The Morgan fingerprint density at radius 2 is 2.00 bits per heavy atom. The summed E-state index contributed by atoms with van der Waals surface area (Å²) in [6.07, 6.45) is 1.78. The van der Waals surface area contributed by atoms with Gasteiger partial charge >= 0.3 is 0 Å². The van der Waals surface area contributed by atoms with Crippen LogP contribution in [0.4, 0.5) is 0 Å². The van der Waals surface area contributed by atoms with Crippen LogP contribution in [0.2, 0.25) is 0 Å². The first-order valence-corrected chi connectivity index (χ1v) is 8.06. The number of likely N-dealkylation sites (N-methyl/N-ethyl adjacent to an activating group) is 1. The average molecular weight is 297 g/mol. The van der Waals surface area contributed by atoms with Gasteiger partial charge in [0, 0.05) is 31.1 Å². The number of rotatable bonds is 5. The van der Waals surface area contributed by atoms with Crippen LogP contribution >= 0.6 is 0 Å². The monoisotopic (exact) mass is 297 g/mol. The molecule has 0 spiro atoms. The molecule has 0 aromatic carbocycles. The van der Waals surface area contributed by atoms with Gasteiger partial charge in [0.25, 0.3) is 0 Å². The molecule has 0 bridgehead atoms. The minimum absolute atomic E-state index is 0.0705. The Labute approximate surface area is 128 Å². The largest absolute Gasteiger partial charge is 0.354 e. The number of hydrogen-bond acceptors (Lipinski definition) is 3. The van der Waals surface area contributed by atoms with E-state index in [2.05, 4.69) is 24.5 Å². The molecule has 0 aromatic heterocycles. The second kappa shape index (κ2) is 7.78. The van der Waals surface area contributed by atoms with Gasteiger partial charge in [-0.3, -0.25) is 9.59 Å². The van der Waals surface area contributed by atoms with Crippen LogP contribution < -0.4 is 10.6 Å². The van der Waals surface area contributed by atoms with E-state index >= 15 is 0 Å². The van der Waals surface area contributed by atoms with Gasteiger partial charge in [-0.05, 0) is 26.3 Å². The van der Waals surface area contributed by atoms with Gasteiger partial charge in [0.15, 0.2) is 0 Å². The Balaban J connectivity index is 2.48. The van der Waals surface area contributed by atoms with Crippen LogP contribution in [-0.4, -0.2) is 48.9 Å². The smallest absolute Gasteiger partial charge is 0.227 e. The summed E-state index contributed by atoms with van der Waals surface area (Å²) >= 11 is 0. The van der Waals surface area contributed by atoms with Gasteiger partial charge in [0.1, 0.15) is 0 Å². The molecule has 1 fully saturated rings. The van der Waals surface area contributed by atoms with Crippen molar-refractivity contribution in [3.05, 3.63) is 0 Å². The van der Waals surface area contributed by atoms with Gasteiger partial charge in [-0.2, -0.15) is 0 Å². The lowest BCUT2D eigenvalue weighted by Gasteiger charge is -2.36. The van der Waals surface area contributed by atoms with Crippen LogP contribution in [-0.2, 0) is 9.59 Å². The molecule has 2 amide bonds. The van der Waals surface area contributed by atoms with Crippen molar-refractivity contribution in [2.45, 2.75) is 53.5 Å². The first-order chi connectivity index (χ1) is 9.75. The van der Waals surface area contributed by atoms with Crippen LogP contribution in [0.15, 0.2) is 0 Å². The molecule has 1 saturated heterocycles. The molecular weight excluding hydrogens is 266 g/mol. The minimum atomic E-state index is -0.377. The highest BCUT2D eigenvalue weighted by Gasteiger charge is 2.33. The second-order valence-electron chi connectivity index (χ2n) is 7.04. The van der Waals surface area contributed by atoms with Crippen LogP contribution in [0.3, 0.4) is 0 Å². The van der Waals surface area contributed by atoms with Crippen LogP contribution in [0.5, 0.6) is 0 Å². The molecule has 5 nitrogen and oxygen atoms in total. The molecule has 2 N–H and O–H groups in total. The molecule has 1 aliphatic rings. The van der Waals surface area contributed by atoms with Crippen LogP contribution in [0, 0.1) is 11.3 Å². The lowest BCUT2D eigenvalue weighted by Crippen LogP contribution is -2.49. The fraction of sp³-hybridized carbons (Fsp3) is 0.875. The maximum Gasteiger partial charge on any atom is 0.227 e. The standard InChI is InChI=1S/C16H31N3O2/c1-6-17-12(2)10-18-14(20)13-8-7-9-19(11-13)15(21)16(3,4)5/h12-13,17H,6-11H2,1-5H3,(H,18,20)/t12-,13?/m1/s1. The van der Waals surface area contributed by atoms with Gasteiger partial charge < -0.3 is 15.5 Å². The zero-order chi connectivity index (χ0) is 16.0. The number of nitrogens with one attached hydrogen (secondary N) is 2. The third-order valence-electron chi connectivity index (χ3n) is 3.86. The summed E-state index contributed by atoms with van der Waals surface area (Å²) in [6.45, 7) is 12.7. The molecule has 21 heavy (non-hydrogen) atoms. The summed E-state index contributed by atoms with van der Waals surface area (Å²) < 4.78 is 0. The molecule has 1 unspecified atom stereocenters. The van der Waals surface area contributed by atoms with Crippen molar-refractivity contribution < 1.29 is 9.59 Å². The van der Waals surface area contributed by atoms with Crippen molar-refractivity contribution in [3.8, 4) is 0 Å². The van der Waals surface area contributed by atoms with Crippen molar-refractivity contribution in [2.75, 3.05) is 26.2 Å². The van der Waals surface area contributed by atoms with E-state index in [1.165, 1.54) is 0 Å². The zero-order valence-electron chi connectivity index (χ0n) is 14.2. The summed E-state index contributed by atoms with van der Waals surface area (Å²) in [5, 5.41) is 6.27. The van der Waals surface area contributed by atoms with Crippen molar-refractivity contribution in [1.29, 1.82) is 0 Å². The minimum Gasteiger partial charge on any atom is -0.354 e. The van der Waals surface area contributed by atoms with Gasteiger partial charge in [-0.15, -0.1) is 0 Å². The predicted molar refractivity (Wildman–Crippen MR) is 84.9 cm³/mol. The van der Waals surface area contributed by atoms with Crippen molar-refractivity contribution >= 4 is 11.8 Å². The number of piperidine rings is 1. The molecule has 5 heteroatoms.